The Balaban J connectivity index is 1.28. The van der Waals surface area contributed by atoms with Gasteiger partial charge in [-0.15, -0.1) is 0 Å². The Hall–Kier alpha value is -4.12. The average Bonchev–Trinajstić information content (AvgIpc) is 3.34. The van der Waals surface area contributed by atoms with Crippen LogP contribution in [0.25, 0.3) is 6.08 Å². The van der Waals surface area contributed by atoms with Crippen LogP contribution in [0.3, 0.4) is 0 Å². The lowest BCUT2D eigenvalue weighted by Crippen LogP contribution is -2.20. The Labute approximate surface area is 188 Å². The van der Waals surface area contributed by atoms with E-state index in [1.54, 1.807) is 24.7 Å². The van der Waals surface area contributed by atoms with E-state index in [1.807, 2.05) is 77.5 Å². The third kappa shape index (κ3) is 6.44. The zero-order valence-electron chi connectivity index (χ0n) is 17.7. The lowest BCUT2D eigenvalue weighted by atomic mass is 10.1. The van der Waals surface area contributed by atoms with Crippen LogP contribution in [0.4, 0.5) is 0 Å². The molecule has 0 saturated heterocycles. The van der Waals surface area contributed by atoms with Gasteiger partial charge in [-0.1, -0.05) is 66.7 Å². The number of nitrogens with one attached hydrogen (secondary N) is 1. The highest BCUT2D eigenvalue weighted by molar-refractivity contribution is 5.91. The molecule has 0 saturated carbocycles. The Morgan fingerprint density at radius 2 is 1.75 bits per heavy atom. The standard InChI is InChI=1S/C27H25N3O2/c31-27(29-18-24-9-4-10-25(16-24)19-30-15-14-28-21-30)13-12-22-8-5-11-26(17-22)32-20-23-6-2-1-3-7-23/h1-17,21H,18-20H2,(H,29,31)/b13-12+. The molecule has 0 aliphatic carbocycles. The Morgan fingerprint density at radius 3 is 2.59 bits per heavy atom. The molecule has 0 bridgehead atoms. The van der Waals surface area contributed by atoms with Crippen LogP contribution < -0.4 is 10.1 Å². The van der Waals surface area contributed by atoms with Crippen molar-refractivity contribution in [3.63, 3.8) is 0 Å². The zero-order valence-corrected chi connectivity index (χ0v) is 17.7. The molecule has 0 aliphatic heterocycles. The van der Waals surface area contributed by atoms with E-state index in [2.05, 4.69) is 22.4 Å². The maximum atomic E-state index is 12.3. The van der Waals surface area contributed by atoms with Crippen LogP contribution >= 0.6 is 0 Å². The molecule has 0 fully saturated rings. The van der Waals surface area contributed by atoms with E-state index >= 15 is 0 Å². The number of nitrogens with zero attached hydrogens (tertiary/aromatic N) is 2. The van der Waals surface area contributed by atoms with Crippen molar-refractivity contribution >= 4 is 12.0 Å². The van der Waals surface area contributed by atoms with E-state index in [1.165, 1.54) is 0 Å². The molecule has 1 aromatic heterocycles. The summed E-state index contributed by atoms with van der Waals surface area (Å²) in [4.78, 5) is 16.4. The topological polar surface area (TPSA) is 56.1 Å². The molecule has 5 heteroatoms. The van der Waals surface area contributed by atoms with Crippen molar-refractivity contribution in [1.82, 2.24) is 14.9 Å². The molecular formula is C27H25N3O2. The van der Waals surface area contributed by atoms with Crippen molar-refractivity contribution < 1.29 is 9.53 Å². The summed E-state index contributed by atoms with van der Waals surface area (Å²) in [5.74, 6) is 0.631. The van der Waals surface area contributed by atoms with Crippen LogP contribution in [-0.2, 0) is 24.5 Å². The van der Waals surface area contributed by atoms with Crippen LogP contribution in [0.5, 0.6) is 5.75 Å². The zero-order chi connectivity index (χ0) is 22.0. The summed E-state index contributed by atoms with van der Waals surface area (Å²) < 4.78 is 7.87. The number of ether oxygens (including phenoxy) is 1. The Kier molecular flexibility index (Phi) is 7.11. The first-order valence-corrected chi connectivity index (χ1v) is 10.5. The van der Waals surface area contributed by atoms with E-state index in [9.17, 15) is 4.79 Å². The van der Waals surface area contributed by atoms with Crippen molar-refractivity contribution in [2.75, 3.05) is 0 Å². The molecular weight excluding hydrogens is 398 g/mol. The Bertz CT molecular complexity index is 1170. The van der Waals surface area contributed by atoms with Gasteiger partial charge in [-0.25, -0.2) is 4.98 Å². The van der Waals surface area contributed by atoms with Crippen LogP contribution in [0.2, 0.25) is 0 Å². The number of imidazole rings is 1. The lowest BCUT2D eigenvalue weighted by Gasteiger charge is -2.07. The highest BCUT2D eigenvalue weighted by atomic mass is 16.5. The molecule has 4 rings (SSSR count). The van der Waals surface area contributed by atoms with Crippen molar-refractivity contribution in [2.24, 2.45) is 0 Å². The molecule has 4 aromatic rings. The molecule has 1 heterocycles. The van der Waals surface area contributed by atoms with Gasteiger partial charge in [0.2, 0.25) is 5.91 Å². The van der Waals surface area contributed by atoms with Crippen molar-refractivity contribution in [3.05, 3.63) is 126 Å². The molecule has 0 unspecified atom stereocenters. The summed E-state index contributed by atoms with van der Waals surface area (Å²) in [5, 5.41) is 2.94. The number of benzene rings is 3. The van der Waals surface area contributed by atoms with Gasteiger partial charge in [-0.05, 0) is 40.5 Å². The molecule has 0 radical (unpaired) electrons. The second kappa shape index (κ2) is 10.8. The van der Waals surface area contributed by atoms with Gasteiger partial charge in [0.25, 0.3) is 0 Å². The lowest BCUT2D eigenvalue weighted by molar-refractivity contribution is -0.116. The predicted octanol–water partition coefficient (Wildman–Crippen LogP) is 4.84. The van der Waals surface area contributed by atoms with Gasteiger partial charge in [-0.3, -0.25) is 4.79 Å². The maximum absolute atomic E-state index is 12.3. The molecule has 1 N–H and O–H groups in total. The highest BCUT2D eigenvalue weighted by Crippen LogP contribution is 2.16. The van der Waals surface area contributed by atoms with Crippen LogP contribution in [-0.4, -0.2) is 15.5 Å². The fourth-order valence-corrected chi connectivity index (χ4v) is 3.30. The minimum Gasteiger partial charge on any atom is -0.489 e. The van der Waals surface area contributed by atoms with Gasteiger partial charge in [0, 0.05) is 31.6 Å². The molecule has 5 nitrogen and oxygen atoms in total. The summed E-state index contributed by atoms with van der Waals surface area (Å²) in [6, 6.07) is 25.9. The number of carbonyl (C=O) groups excluding carboxylic acids is 1. The first-order valence-electron chi connectivity index (χ1n) is 10.5. The van der Waals surface area contributed by atoms with E-state index in [0.29, 0.717) is 13.2 Å². The number of amides is 1. The SMILES string of the molecule is O=C(/C=C/c1cccc(OCc2ccccc2)c1)NCc1cccc(Cn2ccnc2)c1. The van der Waals surface area contributed by atoms with Crippen LogP contribution in [0.1, 0.15) is 22.3 Å². The largest absolute Gasteiger partial charge is 0.489 e. The van der Waals surface area contributed by atoms with E-state index in [0.717, 1.165) is 34.5 Å². The first-order chi connectivity index (χ1) is 15.7. The maximum Gasteiger partial charge on any atom is 0.244 e. The van der Waals surface area contributed by atoms with Gasteiger partial charge in [0.05, 0.1) is 6.33 Å². The molecule has 0 aliphatic rings. The van der Waals surface area contributed by atoms with Gasteiger partial charge in [-0.2, -0.15) is 0 Å². The third-order valence-corrected chi connectivity index (χ3v) is 4.92. The van der Waals surface area contributed by atoms with Gasteiger partial charge in [0.1, 0.15) is 12.4 Å². The summed E-state index contributed by atoms with van der Waals surface area (Å²) in [6.07, 6.45) is 8.83. The molecule has 0 atom stereocenters. The molecule has 3 aromatic carbocycles. The smallest absolute Gasteiger partial charge is 0.244 e. The predicted molar refractivity (Wildman–Crippen MR) is 126 cm³/mol. The van der Waals surface area contributed by atoms with Gasteiger partial charge in [0.15, 0.2) is 0 Å². The second-order valence-electron chi connectivity index (χ2n) is 7.45. The van der Waals surface area contributed by atoms with E-state index in [-0.39, 0.29) is 5.91 Å². The second-order valence-corrected chi connectivity index (χ2v) is 7.45. The monoisotopic (exact) mass is 423 g/mol. The fourth-order valence-electron chi connectivity index (χ4n) is 3.30. The Morgan fingerprint density at radius 1 is 0.938 bits per heavy atom. The molecule has 1 amide bonds. The number of aromatic nitrogens is 2. The quantitative estimate of drug-likeness (QED) is 0.392. The number of carbonyl (C=O) groups is 1. The number of hydrogen-bond donors (Lipinski definition) is 1. The highest BCUT2D eigenvalue weighted by Gasteiger charge is 2.01. The first kappa shape index (κ1) is 21.1. The van der Waals surface area contributed by atoms with E-state index in [4.69, 9.17) is 4.74 Å². The van der Waals surface area contributed by atoms with Crippen LogP contribution in [0, 0.1) is 0 Å². The molecule has 32 heavy (non-hydrogen) atoms. The van der Waals surface area contributed by atoms with Crippen molar-refractivity contribution in [2.45, 2.75) is 19.7 Å². The normalized spacial score (nSPS) is 10.9. The van der Waals surface area contributed by atoms with Gasteiger partial charge < -0.3 is 14.6 Å². The average molecular weight is 424 g/mol. The van der Waals surface area contributed by atoms with Crippen molar-refractivity contribution in [3.8, 4) is 5.75 Å². The number of rotatable bonds is 9. The third-order valence-electron chi connectivity index (χ3n) is 4.92. The summed E-state index contributed by atoms with van der Waals surface area (Å²) in [7, 11) is 0. The van der Waals surface area contributed by atoms with Crippen molar-refractivity contribution in [1.29, 1.82) is 0 Å². The summed E-state index contributed by atoms with van der Waals surface area (Å²) >= 11 is 0. The fraction of sp³-hybridized carbons (Fsp3) is 0.111. The number of hydrogen-bond acceptors (Lipinski definition) is 3. The molecule has 0 spiro atoms. The van der Waals surface area contributed by atoms with E-state index < -0.39 is 0 Å². The molecule has 160 valence electrons. The van der Waals surface area contributed by atoms with Gasteiger partial charge >= 0.3 is 0 Å². The summed E-state index contributed by atoms with van der Waals surface area (Å²) in [6.45, 7) is 1.74. The minimum absolute atomic E-state index is 0.138. The minimum atomic E-state index is -0.138. The van der Waals surface area contributed by atoms with Crippen LogP contribution in [0.15, 0.2) is 104 Å². The summed E-state index contributed by atoms with van der Waals surface area (Å²) in [5.41, 5.74) is 4.24.